The number of para-hydroxylation sites is 1. The highest BCUT2D eigenvalue weighted by Gasteiger charge is 2.12. The highest BCUT2D eigenvalue weighted by atomic mass is 127. The zero-order chi connectivity index (χ0) is 21.4. The number of aromatic nitrogens is 2. The second-order valence-corrected chi connectivity index (χ2v) is 8.44. The van der Waals surface area contributed by atoms with E-state index in [0.29, 0.717) is 22.3 Å². The first kappa shape index (κ1) is 19.5. The third-order valence-electron chi connectivity index (χ3n) is 5.20. The van der Waals surface area contributed by atoms with Gasteiger partial charge >= 0.3 is 0 Å². The molecule has 4 aromatic carbocycles. The van der Waals surface area contributed by atoms with Gasteiger partial charge < -0.3 is 5.11 Å². The summed E-state index contributed by atoms with van der Waals surface area (Å²) in [5, 5.41) is 12.8. The first-order valence-corrected chi connectivity index (χ1v) is 10.9. The minimum absolute atomic E-state index is 0.129. The van der Waals surface area contributed by atoms with Crippen molar-refractivity contribution in [2.45, 2.75) is 0 Å². The lowest BCUT2D eigenvalue weighted by atomic mass is 10.1. The van der Waals surface area contributed by atoms with Crippen LogP contribution in [0.3, 0.4) is 0 Å². The van der Waals surface area contributed by atoms with E-state index in [2.05, 4.69) is 22.6 Å². The predicted octanol–water partition coefficient (Wildman–Crippen LogP) is 6.02. The maximum absolute atomic E-state index is 13.6. The molecule has 0 amide bonds. The molecule has 0 radical (unpaired) electrons. The van der Waals surface area contributed by atoms with E-state index in [-0.39, 0.29) is 11.3 Å². The highest BCUT2D eigenvalue weighted by Crippen LogP contribution is 2.23. The molecule has 0 saturated carbocycles. The molecule has 31 heavy (non-hydrogen) atoms. The molecule has 150 valence electrons. The Kier molecular flexibility index (Phi) is 5.03. The average Bonchev–Trinajstić information content (AvgIpc) is 2.79. The van der Waals surface area contributed by atoms with Crippen molar-refractivity contribution in [2.75, 3.05) is 0 Å². The lowest BCUT2D eigenvalue weighted by Crippen LogP contribution is -2.22. The van der Waals surface area contributed by atoms with Gasteiger partial charge in [-0.15, -0.1) is 0 Å². The maximum atomic E-state index is 13.6. The van der Waals surface area contributed by atoms with Gasteiger partial charge in [0.2, 0.25) is 0 Å². The molecule has 1 aromatic heterocycles. The fourth-order valence-corrected chi connectivity index (χ4v) is 4.14. The van der Waals surface area contributed by atoms with Crippen LogP contribution in [0.4, 0.5) is 0 Å². The van der Waals surface area contributed by atoms with E-state index in [9.17, 15) is 9.90 Å². The lowest BCUT2D eigenvalue weighted by molar-refractivity contribution is 0.474. The molecule has 0 atom stereocenters. The Morgan fingerprint density at radius 1 is 0.839 bits per heavy atom. The molecule has 0 bridgehead atoms. The average molecular weight is 516 g/mol. The van der Waals surface area contributed by atoms with Gasteiger partial charge in [-0.2, -0.15) is 0 Å². The van der Waals surface area contributed by atoms with Gasteiger partial charge in [0.15, 0.2) is 0 Å². The Hall–Kier alpha value is -3.45. The van der Waals surface area contributed by atoms with Gasteiger partial charge in [-0.1, -0.05) is 48.5 Å². The van der Waals surface area contributed by atoms with Gasteiger partial charge in [0, 0.05) is 9.13 Å². The van der Waals surface area contributed by atoms with E-state index < -0.39 is 0 Å². The minimum atomic E-state index is -0.129. The van der Waals surface area contributed by atoms with Crippen molar-refractivity contribution in [3.8, 4) is 11.4 Å². The smallest absolute Gasteiger partial charge is 0.266 e. The Labute approximate surface area is 192 Å². The summed E-state index contributed by atoms with van der Waals surface area (Å²) < 4.78 is 2.60. The molecule has 1 heterocycles. The Balaban J connectivity index is 1.77. The number of hydrogen-bond acceptors (Lipinski definition) is 3. The largest absolute Gasteiger partial charge is 0.507 e. The number of nitrogens with zero attached hydrogens (tertiary/aromatic N) is 2. The second kappa shape index (κ2) is 8.00. The van der Waals surface area contributed by atoms with Gasteiger partial charge in [-0.05, 0) is 81.9 Å². The maximum Gasteiger partial charge on any atom is 0.266 e. The van der Waals surface area contributed by atoms with E-state index in [0.717, 1.165) is 20.0 Å². The van der Waals surface area contributed by atoms with E-state index in [4.69, 9.17) is 4.98 Å². The number of aromatic hydroxyl groups is 1. The summed E-state index contributed by atoms with van der Waals surface area (Å²) in [4.78, 5) is 18.3. The molecule has 0 spiro atoms. The molecule has 5 heteroatoms. The van der Waals surface area contributed by atoms with Crippen LogP contribution in [0.1, 0.15) is 11.4 Å². The van der Waals surface area contributed by atoms with Crippen LogP contribution in [0.15, 0.2) is 89.7 Å². The number of hydrogen-bond donors (Lipinski definition) is 1. The van der Waals surface area contributed by atoms with Gasteiger partial charge in [-0.25, -0.2) is 4.98 Å². The van der Waals surface area contributed by atoms with Crippen LogP contribution in [-0.2, 0) is 0 Å². The second-order valence-electron chi connectivity index (χ2n) is 7.20. The quantitative estimate of drug-likeness (QED) is 0.299. The summed E-state index contributed by atoms with van der Waals surface area (Å²) in [5.74, 6) is 0.672. The Morgan fingerprint density at radius 2 is 1.61 bits per heavy atom. The van der Waals surface area contributed by atoms with E-state index in [1.54, 1.807) is 28.9 Å². The van der Waals surface area contributed by atoms with E-state index in [1.165, 1.54) is 0 Å². The van der Waals surface area contributed by atoms with Gasteiger partial charge in [0.25, 0.3) is 5.56 Å². The standard InChI is InChI=1S/C26H17IN2O2/c27-20-11-13-23-22(16-20)26(31)29(21-12-9-17-5-1-2-7-19(17)15-21)25(28-23)14-10-18-6-3-4-8-24(18)30/h1-16,30H/b14-10+. The summed E-state index contributed by atoms with van der Waals surface area (Å²) >= 11 is 2.20. The van der Waals surface area contributed by atoms with E-state index >= 15 is 0 Å². The number of benzene rings is 4. The molecule has 5 rings (SSSR count). The molecule has 0 aliphatic heterocycles. The number of rotatable bonds is 3. The van der Waals surface area contributed by atoms with Crippen LogP contribution in [0.5, 0.6) is 5.75 Å². The normalized spacial score (nSPS) is 11.5. The monoisotopic (exact) mass is 516 g/mol. The van der Waals surface area contributed by atoms with Crippen LogP contribution in [0.25, 0.3) is 39.5 Å². The van der Waals surface area contributed by atoms with Crippen LogP contribution >= 0.6 is 22.6 Å². The molecular formula is C26H17IN2O2. The van der Waals surface area contributed by atoms with Crippen LogP contribution in [-0.4, -0.2) is 14.7 Å². The molecule has 1 N–H and O–H groups in total. The summed E-state index contributed by atoms with van der Waals surface area (Å²) in [6.45, 7) is 0. The zero-order valence-corrected chi connectivity index (χ0v) is 18.5. The molecule has 4 nitrogen and oxygen atoms in total. The molecular weight excluding hydrogens is 499 g/mol. The molecule has 0 fully saturated rings. The Bertz CT molecular complexity index is 1540. The van der Waals surface area contributed by atoms with Crippen LogP contribution in [0, 0.1) is 3.57 Å². The van der Waals surface area contributed by atoms with Crippen molar-refractivity contribution >= 4 is 56.4 Å². The highest BCUT2D eigenvalue weighted by molar-refractivity contribution is 14.1. The SMILES string of the molecule is O=c1c2cc(I)ccc2nc(/C=C/c2ccccc2O)n1-c1ccc2ccccc2c1. The van der Waals surface area contributed by atoms with Crippen molar-refractivity contribution < 1.29 is 5.11 Å². The zero-order valence-electron chi connectivity index (χ0n) is 16.4. The predicted molar refractivity (Wildman–Crippen MR) is 135 cm³/mol. The summed E-state index contributed by atoms with van der Waals surface area (Å²) in [7, 11) is 0. The van der Waals surface area contributed by atoms with Crippen molar-refractivity contribution in [3.05, 3.63) is 110 Å². The first-order valence-electron chi connectivity index (χ1n) is 9.78. The van der Waals surface area contributed by atoms with Crippen LogP contribution in [0.2, 0.25) is 0 Å². The molecule has 0 unspecified atom stereocenters. The third-order valence-corrected chi connectivity index (χ3v) is 5.87. The molecule has 0 aliphatic carbocycles. The summed E-state index contributed by atoms with van der Waals surface area (Å²) in [6, 6.07) is 26.7. The van der Waals surface area contributed by atoms with Crippen molar-refractivity contribution in [1.29, 1.82) is 0 Å². The van der Waals surface area contributed by atoms with Crippen molar-refractivity contribution in [3.63, 3.8) is 0 Å². The number of phenolic OH excluding ortho intramolecular Hbond substituents is 1. The third kappa shape index (κ3) is 3.72. The van der Waals surface area contributed by atoms with Crippen LogP contribution < -0.4 is 5.56 Å². The van der Waals surface area contributed by atoms with Crippen molar-refractivity contribution in [2.24, 2.45) is 0 Å². The lowest BCUT2D eigenvalue weighted by Gasteiger charge is -2.13. The molecule has 5 aromatic rings. The van der Waals surface area contributed by atoms with Gasteiger partial charge in [0.05, 0.1) is 16.6 Å². The van der Waals surface area contributed by atoms with Gasteiger partial charge in [0.1, 0.15) is 11.6 Å². The van der Waals surface area contributed by atoms with Gasteiger partial charge in [-0.3, -0.25) is 9.36 Å². The molecule has 0 aliphatic rings. The topological polar surface area (TPSA) is 55.1 Å². The first-order chi connectivity index (χ1) is 15.1. The summed E-state index contributed by atoms with van der Waals surface area (Å²) in [6.07, 6.45) is 3.54. The summed E-state index contributed by atoms with van der Waals surface area (Å²) in [5.41, 5.74) is 1.91. The van der Waals surface area contributed by atoms with Crippen molar-refractivity contribution in [1.82, 2.24) is 9.55 Å². The number of phenols is 1. The molecule has 0 saturated heterocycles. The fourth-order valence-electron chi connectivity index (χ4n) is 3.64. The van der Waals surface area contributed by atoms with E-state index in [1.807, 2.05) is 72.8 Å². The fraction of sp³-hybridized carbons (Fsp3) is 0. The Morgan fingerprint density at radius 3 is 2.45 bits per heavy atom. The number of fused-ring (bicyclic) bond motifs is 2. The minimum Gasteiger partial charge on any atom is -0.507 e. The number of halogens is 1.